The Bertz CT molecular complexity index is 686. The number of hydrogen-bond acceptors (Lipinski definition) is 4. The van der Waals surface area contributed by atoms with E-state index in [0.717, 1.165) is 51.5 Å². The van der Waals surface area contributed by atoms with Crippen molar-refractivity contribution in [3.8, 4) is 0 Å². The standard InChI is InChI=1S/C28H50N2O3/c1-18(6-9-25(33)30-15-5-4-14-29)21-7-8-22-26-23(11-13-28(21,22)3)27(2)12-10-20(31)16-19(27)17-24(26)32/h18-24,26,31-32H,4-17,29H2,1-3H3,(H,30,33)/t18-,19+,20-,21-,22+,23+,24+,26+,27+,28-/m1/s1. The third-order valence-corrected chi connectivity index (χ3v) is 11.2. The molecule has 0 saturated heterocycles. The highest BCUT2D eigenvalue weighted by Gasteiger charge is 2.62. The van der Waals surface area contributed by atoms with E-state index in [4.69, 9.17) is 5.73 Å². The van der Waals surface area contributed by atoms with E-state index in [-0.39, 0.29) is 28.9 Å². The first kappa shape index (κ1) is 25.4. The molecule has 0 aromatic carbocycles. The van der Waals surface area contributed by atoms with Crippen LogP contribution in [0.4, 0.5) is 0 Å². The highest BCUT2D eigenvalue weighted by Crippen LogP contribution is 2.68. The van der Waals surface area contributed by atoms with Crippen LogP contribution in [0.15, 0.2) is 0 Å². The van der Waals surface area contributed by atoms with E-state index in [9.17, 15) is 15.0 Å². The van der Waals surface area contributed by atoms with Crippen molar-refractivity contribution in [2.24, 2.45) is 52.1 Å². The number of amides is 1. The summed E-state index contributed by atoms with van der Waals surface area (Å²) in [6, 6.07) is 0. The van der Waals surface area contributed by atoms with Gasteiger partial charge in [0.15, 0.2) is 0 Å². The normalized spacial score (nSPS) is 45.6. The van der Waals surface area contributed by atoms with Gasteiger partial charge in [-0.3, -0.25) is 4.79 Å². The molecule has 0 aliphatic heterocycles. The van der Waals surface area contributed by atoms with Crippen molar-refractivity contribution in [1.82, 2.24) is 5.32 Å². The minimum Gasteiger partial charge on any atom is -0.393 e. The summed E-state index contributed by atoms with van der Waals surface area (Å²) in [6.07, 6.45) is 11.9. The molecular weight excluding hydrogens is 412 g/mol. The lowest BCUT2D eigenvalue weighted by Crippen LogP contribution is -2.58. The number of carbonyl (C=O) groups excluding carboxylic acids is 1. The maximum atomic E-state index is 12.3. The summed E-state index contributed by atoms with van der Waals surface area (Å²) in [5.41, 5.74) is 6.11. The minimum absolute atomic E-state index is 0.171. The van der Waals surface area contributed by atoms with Crippen molar-refractivity contribution in [3.63, 3.8) is 0 Å². The number of unbranched alkanes of at least 4 members (excludes halogenated alkanes) is 1. The van der Waals surface area contributed by atoms with Gasteiger partial charge in [-0.05, 0) is 124 Å². The number of nitrogens with one attached hydrogen (secondary N) is 1. The molecule has 0 aromatic heterocycles. The summed E-state index contributed by atoms with van der Waals surface area (Å²) in [5.74, 6) is 3.48. The zero-order valence-electron chi connectivity index (χ0n) is 21.4. The topological polar surface area (TPSA) is 95.6 Å². The van der Waals surface area contributed by atoms with Gasteiger partial charge < -0.3 is 21.3 Å². The fourth-order valence-electron chi connectivity index (χ4n) is 9.32. The molecule has 5 nitrogen and oxygen atoms in total. The molecular formula is C28H50N2O3. The molecule has 4 fully saturated rings. The minimum atomic E-state index is -0.212. The average molecular weight is 463 g/mol. The van der Waals surface area contributed by atoms with Crippen LogP contribution in [0.3, 0.4) is 0 Å². The van der Waals surface area contributed by atoms with Gasteiger partial charge in [-0.25, -0.2) is 0 Å². The Labute approximate surface area is 201 Å². The smallest absolute Gasteiger partial charge is 0.220 e. The Hall–Kier alpha value is -0.650. The molecule has 5 heteroatoms. The third-order valence-electron chi connectivity index (χ3n) is 11.2. The molecule has 0 unspecified atom stereocenters. The van der Waals surface area contributed by atoms with Gasteiger partial charge in [-0.15, -0.1) is 0 Å². The molecule has 4 saturated carbocycles. The Morgan fingerprint density at radius 1 is 1.03 bits per heavy atom. The highest BCUT2D eigenvalue weighted by molar-refractivity contribution is 5.75. The van der Waals surface area contributed by atoms with Gasteiger partial charge in [0.25, 0.3) is 0 Å². The number of fused-ring (bicyclic) bond motifs is 5. The molecule has 4 aliphatic carbocycles. The lowest BCUT2D eigenvalue weighted by Gasteiger charge is -2.62. The Kier molecular flexibility index (Phi) is 7.82. The molecule has 0 aromatic rings. The first-order valence-corrected chi connectivity index (χ1v) is 14.0. The zero-order chi connectivity index (χ0) is 23.8. The highest BCUT2D eigenvalue weighted by atomic mass is 16.3. The first-order valence-electron chi connectivity index (χ1n) is 14.0. The maximum Gasteiger partial charge on any atom is 0.220 e. The lowest BCUT2D eigenvalue weighted by atomic mass is 9.43. The number of nitrogens with two attached hydrogens (primary N) is 1. The van der Waals surface area contributed by atoms with E-state index in [1.54, 1.807) is 0 Å². The number of carbonyl (C=O) groups is 1. The van der Waals surface area contributed by atoms with Crippen LogP contribution in [0.2, 0.25) is 0 Å². The van der Waals surface area contributed by atoms with Crippen molar-refractivity contribution < 1.29 is 15.0 Å². The molecule has 0 radical (unpaired) electrons. The number of rotatable bonds is 8. The van der Waals surface area contributed by atoms with Gasteiger partial charge >= 0.3 is 0 Å². The first-order chi connectivity index (χ1) is 15.7. The summed E-state index contributed by atoms with van der Waals surface area (Å²) in [7, 11) is 0. The van der Waals surface area contributed by atoms with Crippen LogP contribution in [0.5, 0.6) is 0 Å². The van der Waals surface area contributed by atoms with Gasteiger partial charge in [0.2, 0.25) is 5.91 Å². The fraction of sp³-hybridized carbons (Fsp3) is 0.964. The number of aliphatic hydroxyl groups excluding tert-OH is 2. The van der Waals surface area contributed by atoms with E-state index in [1.165, 1.54) is 25.7 Å². The summed E-state index contributed by atoms with van der Waals surface area (Å²) >= 11 is 0. The van der Waals surface area contributed by atoms with E-state index < -0.39 is 0 Å². The van der Waals surface area contributed by atoms with Crippen molar-refractivity contribution in [1.29, 1.82) is 0 Å². The molecule has 1 amide bonds. The molecule has 0 heterocycles. The second-order valence-corrected chi connectivity index (χ2v) is 12.8. The van der Waals surface area contributed by atoms with Gasteiger partial charge in [0.1, 0.15) is 0 Å². The van der Waals surface area contributed by atoms with Crippen LogP contribution in [-0.2, 0) is 4.79 Å². The predicted molar refractivity (Wildman–Crippen MR) is 132 cm³/mol. The average Bonchev–Trinajstić information content (AvgIpc) is 3.13. The van der Waals surface area contributed by atoms with E-state index >= 15 is 0 Å². The van der Waals surface area contributed by atoms with Crippen LogP contribution in [0, 0.1) is 46.3 Å². The Balaban J connectivity index is 1.39. The Morgan fingerprint density at radius 2 is 1.76 bits per heavy atom. The largest absolute Gasteiger partial charge is 0.393 e. The SMILES string of the molecule is C[C@H](CCC(=O)NCCCCN)[C@H]1CC[C@H]2[C@@H]3[C@@H](O)C[C@@H]4C[C@H](O)CC[C@]4(C)[C@H]3CC[C@]12C. The summed E-state index contributed by atoms with van der Waals surface area (Å²) in [4.78, 5) is 12.3. The summed E-state index contributed by atoms with van der Waals surface area (Å²) in [6.45, 7) is 8.79. The van der Waals surface area contributed by atoms with Gasteiger partial charge in [0, 0.05) is 13.0 Å². The van der Waals surface area contributed by atoms with Crippen molar-refractivity contribution in [3.05, 3.63) is 0 Å². The van der Waals surface area contributed by atoms with Crippen molar-refractivity contribution in [2.75, 3.05) is 13.1 Å². The molecule has 0 spiro atoms. The summed E-state index contributed by atoms with van der Waals surface area (Å²) in [5, 5.41) is 24.7. The van der Waals surface area contributed by atoms with E-state index in [0.29, 0.717) is 48.5 Å². The molecule has 0 bridgehead atoms. The number of aliphatic hydroxyl groups is 2. The van der Waals surface area contributed by atoms with Crippen LogP contribution in [-0.4, -0.2) is 41.4 Å². The number of hydrogen-bond donors (Lipinski definition) is 4. The van der Waals surface area contributed by atoms with Crippen molar-refractivity contribution >= 4 is 5.91 Å². The van der Waals surface area contributed by atoms with Gasteiger partial charge in [-0.2, -0.15) is 0 Å². The monoisotopic (exact) mass is 462 g/mol. The van der Waals surface area contributed by atoms with Crippen molar-refractivity contribution in [2.45, 2.75) is 110 Å². The molecule has 10 atom stereocenters. The van der Waals surface area contributed by atoms with Gasteiger partial charge in [0.05, 0.1) is 12.2 Å². The van der Waals surface area contributed by atoms with E-state index in [2.05, 4.69) is 26.1 Å². The molecule has 4 rings (SSSR count). The third kappa shape index (κ3) is 4.76. The van der Waals surface area contributed by atoms with Crippen LogP contribution >= 0.6 is 0 Å². The summed E-state index contributed by atoms with van der Waals surface area (Å²) < 4.78 is 0. The lowest BCUT2D eigenvalue weighted by molar-refractivity contribution is -0.174. The quantitative estimate of drug-likeness (QED) is 0.406. The van der Waals surface area contributed by atoms with Crippen LogP contribution < -0.4 is 11.1 Å². The fourth-order valence-corrected chi connectivity index (χ4v) is 9.32. The Morgan fingerprint density at radius 3 is 2.52 bits per heavy atom. The predicted octanol–water partition coefficient (Wildman–Crippen LogP) is 4.25. The molecule has 5 N–H and O–H groups in total. The van der Waals surface area contributed by atoms with Gasteiger partial charge in [-0.1, -0.05) is 20.8 Å². The maximum absolute atomic E-state index is 12.3. The molecule has 33 heavy (non-hydrogen) atoms. The second-order valence-electron chi connectivity index (χ2n) is 12.8. The molecule has 4 aliphatic rings. The van der Waals surface area contributed by atoms with Crippen LogP contribution in [0.25, 0.3) is 0 Å². The second kappa shape index (κ2) is 10.1. The van der Waals surface area contributed by atoms with Crippen LogP contribution in [0.1, 0.15) is 97.8 Å². The zero-order valence-corrected chi connectivity index (χ0v) is 21.4. The van der Waals surface area contributed by atoms with E-state index in [1.807, 2.05) is 0 Å². The molecule has 190 valence electrons.